The first-order valence-electron chi connectivity index (χ1n) is 4.94. The van der Waals surface area contributed by atoms with E-state index in [1.54, 1.807) is 13.3 Å². The van der Waals surface area contributed by atoms with Crippen LogP contribution in [0, 0.1) is 5.92 Å². The number of hydrogen-bond donors (Lipinski definition) is 1. The van der Waals surface area contributed by atoms with Crippen molar-refractivity contribution in [2.45, 2.75) is 19.4 Å². The molecule has 0 amide bonds. The number of methoxy groups -OCH3 is 1. The van der Waals surface area contributed by atoms with Crippen molar-refractivity contribution in [1.82, 2.24) is 4.98 Å². The highest BCUT2D eigenvalue weighted by Gasteiger charge is 2.19. The SMILES string of the molecule is COCCC(C)C(O)c1ncccc1Br. The summed E-state index contributed by atoms with van der Waals surface area (Å²) >= 11 is 3.38. The van der Waals surface area contributed by atoms with Gasteiger partial charge in [-0.1, -0.05) is 6.92 Å². The second-order valence-corrected chi connectivity index (χ2v) is 4.43. The van der Waals surface area contributed by atoms with E-state index in [0.29, 0.717) is 12.3 Å². The van der Waals surface area contributed by atoms with Crippen LogP contribution in [0.3, 0.4) is 0 Å². The molecule has 3 nitrogen and oxygen atoms in total. The van der Waals surface area contributed by atoms with Gasteiger partial charge in [0.2, 0.25) is 0 Å². The topological polar surface area (TPSA) is 42.4 Å². The van der Waals surface area contributed by atoms with E-state index in [2.05, 4.69) is 20.9 Å². The van der Waals surface area contributed by atoms with Crippen LogP contribution in [-0.2, 0) is 4.74 Å². The summed E-state index contributed by atoms with van der Waals surface area (Å²) in [7, 11) is 1.66. The smallest absolute Gasteiger partial charge is 0.0997 e. The van der Waals surface area contributed by atoms with Crippen molar-refractivity contribution in [2.75, 3.05) is 13.7 Å². The number of pyridine rings is 1. The third-order valence-electron chi connectivity index (χ3n) is 2.38. The van der Waals surface area contributed by atoms with Crippen molar-refractivity contribution in [2.24, 2.45) is 5.92 Å². The summed E-state index contributed by atoms with van der Waals surface area (Å²) in [5.41, 5.74) is 0.695. The molecule has 0 aliphatic heterocycles. The lowest BCUT2D eigenvalue weighted by Gasteiger charge is -2.18. The number of aliphatic hydroxyl groups excluding tert-OH is 1. The minimum atomic E-state index is -0.546. The van der Waals surface area contributed by atoms with Crippen LogP contribution in [0.25, 0.3) is 0 Å². The molecule has 2 unspecified atom stereocenters. The zero-order chi connectivity index (χ0) is 11.3. The summed E-state index contributed by atoms with van der Waals surface area (Å²) < 4.78 is 5.83. The Balaban J connectivity index is 2.67. The lowest BCUT2D eigenvalue weighted by Crippen LogP contribution is -2.13. The summed E-state index contributed by atoms with van der Waals surface area (Å²) in [5, 5.41) is 10.0. The maximum absolute atomic E-state index is 10.0. The van der Waals surface area contributed by atoms with E-state index >= 15 is 0 Å². The molecule has 0 fully saturated rings. The number of hydrogen-bond acceptors (Lipinski definition) is 3. The number of ether oxygens (including phenoxy) is 1. The van der Waals surface area contributed by atoms with Crippen molar-refractivity contribution in [3.8, 4) is 0 Å². The van der Waals surface area contributed by atoms with E-state index in [1.165, 1.54) is 0 Å². The van der Waals surface area contributed by atoms with E-state index in [0.717, 1.165) is 10.9 Å². The molecule has 1 aromatic heterocycles. The summed E-state index contributed by atoms with van der Waals surface area (Å²) in [6.07, 6.45) is 1.96. The fourth-order valence-electron chi connectivity index (χ4n) is 1.35. The molecule has 0 aliphatic rings. The highest BCUT2D eigenvalue weighted by atomic mass is 79.9. The van der Waals surface area contributed by atoms with Crippen LogP contribution >= 0.6 is 15.9 Å². The molecule has 0 saturated heterocycles. The summed E-state index contributed by atoms with van der Waals surface area (Å²) in [5.74, 6) is 0.135. The van der Waals surface area contributed by atoms with Gasteiger partial charge < -0.3 is 9.84 Å². The number of aromatic nitrogens is 1. The monoisotopic (exact) mass is 273 g/mol. The first kappa shape index (κ1) is 12.6. The van der Waals surface area contributed by atoms with Gasteiger partial charge in [-0.15, -0.1) is 0 Å². The standard InChI is InChI=1S/C11H16BrNO2/c1-8(5-7-15-2)11(14)10-9(12)4-3-6-13-10/h3-4,6,8,11,14H,5,7H2,1-2H3. The fraction of sp³-hybridized carbons (Fsp3) is 0.545. The number of rotatable bonds is 5. The normalized spacial score (nSPS) is 14.9. The highest BCUT2D eigenvalue weighted by molar-refractivity contribution is 9.10. The zero-order valence-electron chi connectivity index (χ0n) is 8.98. The van der Waals surface area contributed by atoms with Gasteiger partial charge in [-0.2, -0.15) is 0 Å². The van der Waals surface area contributed by atoms with Gasteiger partial charge in [0.15, 0.2) is 0 Å². The van der Waals surface area contributed by atoms with Crippen LogP contribution in [0.4, 0.5) is 0 Å². The molecule has 1 heterocycles. The summed E-state index contributed by atoms with van der Waals surface area (Å²) in [6.45, 7) is 2.65. The molecule has 1 N–H and O–H groups in total. The maximum Gasteiger partial charge on any atom is 0.0997 e. The minimum absolute atomic E-state index is 0.135. The molecule has 0 saturated carbocycles. The van der Waals surface area contributed by atoms with Crippen molar-refractivity contribution >= 4 is 15.9 Å². The molecule has 0 aromatic carbocycles. The van der Waals surface area contributed by atoms with Crippen molar-refractivity contribution in [3.05, 3.63) is 28.5 Å². The second kappa shape index (κ2) is 6.20. The Morgan fingerprint density at radius 3 is 2.93 bits per heavy atom. The summed E-state index contributed by atoms with van der Waals surface area (Å²) in [4.78, 5) is 4.17. The van der Waals surface area contributed by atoms with Gasteiger partial charge >= 0.3 is 0 Å². The van der Waals surface area contributed by atoms with Crippen LogP contribution in [0.15, 0.2) is 22.8 Å². The molecule has 0 radical (unpaired) electrons. The summed E-state index contributed by atoms with van der Waals surface area (Å²) in [6, 6.07) is 3.72. The maximum atomic E-state index is 10.0. The Hall–Kier alpha value is -0.450. The Kier molecular flexibility index (Phi) is 5.22. The minimum Gasteiger partial charge on any atom is -0.386 e. The van der Waals surface area contributed by atoms with Crippen LogP contribution < -0.4 is 0 Å². The fourth-order valence-corrected chi connectivity index (χ4v) is 1.84. The molecular formula is C11H16BrNO2. The largest absolute Gasteiger partial charge is 0.386 e. The van der Waals surface area contributed by atoms with E-state index < -0.39 is 6.10 Å². The van der Waals surface area contributed by atoms with Gasteiger partial charge in [-0.3, -0.25) is 4.98 Å². The quantitative estimate of drug-likeness (QED) is 0.897. The van der Waals surface area contributed by atoms with Crippen molar-refractivity contribution in [3.63, 3.8) is 0 Å². The van der Waals surface area contributed by atoms with E-state index in [9.17, 15) is 5.11 Å². The molecule has 84 valence electrons. The van der Waals surface area contributed by atoms with Crippen LogP contribution in [0.2, 0.25) is 0 Å². The van der Waals surface area contributed by atoms with Gasteiger partial charge in [-0.05, 0) is 40.4 Å². The molecule has 1 aromatic rings. The lowest BCUT2D eigenvalue weighted by molar-refractivity contribution is 0.0849. The number of halogens is 1. The molecule has 2 atom stereocenters. The zero-order valence-corrected chi connectivity index (χ0v) is 10.6. The molecule has 0 aliphatic carbocycles. The van der Waals surface area contributed by atoms with E-state index in [-0.39, 0.29) is 5.92 Å². The van der Waals surface area contributed by atoms with Crippen LogP contribution in [0.1, 0.15) is 25.1 Å². The Bertz CT molecular complexity index is 306. The van der Waals surface area contributed by atoms with Gasteiger partial charge in [0, 0.05) is 24.4 Å². The van der Waals surface area contributed by atoms with Gasteiger partial charge in [0.1, 0.15) is 0 Å². The van der Waals surface area contributed by atoms with Gasteiger partial charge in [-0.25, -0.2) is 0 Å². The Labute approximate surface area is 98.6 Å². The predicted octanol–water partition coefficient (Wildman–Crippen LogP) is 2.55. The van der Waals surface area contributed by atoms with E-state index in [1.807, 2.05) is 19.1 Å². The third-order valence-corrected chi connectivity index (χ3v) is 3.05. The molecule has 1 rings (SSSR count). The van der Waals surface area contributed by atoms with Crippen molar-refractivity contribution < 1.29 is 9.84 Å². The van der Waals surface area contributed by atoms with Gasteiger partial charge in [0.05, 0.1) is 11.8 Å². The highest BCUT2D eigenvalue weighted by Crippen LogP contribution is 2.27. The average Bonchev–Trinajstić information content (AvgIpc) is 2.25. The van der Waals surface area contributed by atoms with Crippen molar-refractivity contribution in [1.29, 1.82) is 0 Å². The molecule has 15 heavy (non-hydrogen) atoms. The predicted molar refractivity (Wildman–Crippen MR) is 62.6 cm³/mol. The molecule has 0 spiro atoms. The van der Waals surface area contributed by atoms with Crippen LogP contribution in [-0.4, -0.2) is 23.8 Å². The Morgan fingerprint density at radius 2 is 2.33 bits per heavy atom. The first-order chi connectivity index (χ1) is 7.16. The van der Waals surface area contributed by atoms with Gasteiger partial charge in [0.25, 0.3) is 0 Å². The molecule has 0 bridgehead atoms. The number of aliphatic hydroxyl groups is 1. The average molecular weight is 274 g/mol. The first-order valence-corrected chi connectivity index (χ1v) is 5.73. The Morgan fingerprint density at radius 1 is 1.60 bits per heavy atom. The molecule has 4 heteroatoms. The molecular weight excluding hydrogens is 258 g/mol. The number of nitrogens with zero attached hydrogens (tertiary/aromatic N) is 1. The van der Waals surface area contributed by atoms with E-state index in [4.69, 9.17) is 4.74 Å². The lowest BCUT2D eigenvalue weighted by atomic mass is 9.98. The van der Waals surface area contributed by atoms with Crippen LogP contribution in [0.5, 0.6) is 0 Å². The second-order valence-electron chi connectivity index (χ2n) is 3.57. The third kappa shape index (κ3) is 3.55.